The van der Waals surface area contributed by atoms with Crippen molar-refractivity contribution in [3.63, 3.8) is 0 Å². The van der Waals surface area contributed by atoms with Crippen molar-refractivity contribution in [2.75, 3.05) is 0 Å². The van der Waals surface area contributed by atoms with Crippen LogP contribution >= 0.6 is 11.3 Å². The maximum absolute atomic E-state index is 11.8. The normalized spacial score (nSPS) is 25.1. The number of thiazole rings is 1. The van der Waals surface area contributed by atoms with Crippen molar-refractivity contribution in [1.29, 1.82) is 0 Å². The molecule has 0 unspecified atom stereocenters. The van der Waals surface area contributed by atoms with Gasteiger partial charge in [0.05, 0.1) is 10.9 Å². The minimum absolute atomic E-state index is 0.0771. The fourth-order valence-electron chi connectivity index (χ4n) is 2.64. The molecule has 1 amide bonds. The minimum atomic E-state index is -0.327. The lowest BCUT2D eigenvalue weighted by molar-refractivity contribution is -0.130. The zero-order valence-corrected chi connectivity index (χ0v) is 11.2. The van der Waals surface area contributed by atoms with Crippen LogP contribution in [0.25, 0.3) is 0 Å². The van der Waals surface area contributed by atoms with Crippen molar-refractivity contribution in [2.24, 2.45) is 5.92 Å². The number of aryl methyl sites for hydroxylation is 1. The summed E-state index contributed by atoms with van der Waals surface area (Å²) in [5, 5.41) is 9.84. The third-order valence-electron chi connectivity index (χ3n) is 3.54. The molecule has 0 spiro atoms. The van der Waals surface area contributed by atoms with Gasteiger partial charge in [0.2, 0.25) is 5.91 Å². The van der Waals surface area contributed by atoms with Gasteiger partial charge in [-0.25, -0.2) is 10.5 Å². The molecule has 4 nitrogen and oxygen atoms in total. The van der Waals surface area contributed by atoms with Gasteiger partial charge in [0, 0.05) is 22.9 Å². The lowest BCUT2D eigenvalue weighted by Crippen LogP contribution is -2.21. The summed E-state index contributed by atoms with van der Waals surface area (Å²) < 4.78 is 0. The van der Waals surface area contributed by atoms with E-state index in [1.165, 1.54) is 0 Å². The van der Waals surface area contributed by atoms with Gasteiger partial charge in [0.25, 0.3) is 0 Å². The van der Waals surface area contributed by atoms with Crippen LogP contribution in [-0.2, 0) is 4.79 Å². The number of hydroxylamine groups is 1. The van der Waals surface area contributed by atoms with Crippen LogP contribution in [0.5, 0.6) is 0 Å². The lowest BCUT2D eigenvalue weighted by Gasteiger charge is -1.98. The first-order chi connectivity index (χ1) is 9.22. The summed E-state index contributed by atoms with van der Waals surface area (Å²) in [6.45, 7) is 2.00. The van der Waals surface area contributed by atoms with E-state index in [0.717, 1.165) is 15.4 Å². The van der Waals surface area contributed by atoms with Crippen LogP contribution in [0, 0.1) is 12.8 Å². The van der Waals surface area contributed by atoms with Crippen molar-refractivity contribution in [3.8, 4) is 0 Å². The number of aromatic nitrogens is 1. The second-order valence-corrected chi connectivity index (χ2v) is 6.04. The topological polar surface area (TPSA) is 62.2 Å². The molecule has 2 aromatic rings. The first-order valence-electron chi connectivity index (χ1n) is 6.13. The van der Waals surface area contributed by atoms with E-state index >= 15 is 0 Å². The number of nitrogens with zero attached hydrogens (tertiary/aromatic N) is 1. The molecule has 98 valence electrons. The van der Waals surface area contributed by atoms with E-state index in [2.05, 4.69) is 4.98 Å². The summed E-state index contributed by atoms with van der Waals surface area (Å²) in [6.07, 6.45) is 1.83. The first-order valence-corrected chi connectivity index (χ1v) is 6.95. The van der Waals surface area contributed by atoms with E-state index < -0.39 is 0 Å². The van der Waals surface area contributed by atoms with E-state index in [1.807, 2.05) is 43.5 Å². The fourth-order valence-corrected chi connectivity index (χ4v) is 3.61. The van der Waals surface area contributed by atoms with Crippen LogP contribution in [0.3, 0.4) is 0 Å². The lowest BCUT2D eigenvalue weighted by atomic mass is 10.1. The zero-order chi connectivity index (χ0) is 13.4. The van der Waals surface area contributed by atoms with E-state index in [1.54, 1.807) is 16.8 Å². The molecule has 2 N–H and O–H groups in total. The number of amides is 1. The van der Waals surface area contributed by atoms with Crippen molar-refractivity contribution in [3.05, 3.63) is 52.0 Å². The van der Waals surface area contributed by atoms with Gasteiger partial charge in [-0.15, -0.1) is 11.3 Å². The molecule has 3 atom stereocenters. The highest BCUT2D eigenvalue weighted by atomic mass is 32.1. The number of hydrogen-bond acceptors (Lipinski definition) is 4. The van der Waals surface area contributed by atoms with Crippen molar-refractivity contribution in [1.82, 2.24) is 10.5 Å². The smallest absolute Gasteiger partial charge is 0.247 e. The third kappa shape index (κ3) is 2.15. The van der Waals surface area contributed by atoms with Gasteiger partial charge >= 0.3 is 0 Å². The van der Waals surface area contributed by atoms with Crippen LogP contribution in [0.1, 0.15) is 27.3 Å². The van der Waals surface area contributed by atoms with Crippen LogP contribution < -0.4 is 5.48 Å². The van der Waals surface area contributed by atoms with Gasteiger partial charge < -0.3 is 0 Å². The Bertz CT molecular complexity index is 597. The van der Waals surface area contributed by atoms with Gasteiger partial charge in [0.15, 0.2) is 0 Å². The molecule has 1 fully saturated rings. The number of rotatable bonds is 3. The Hall–Kier alpha value is -1.72. The Morgan fingerprint density at radius 1 is 1.32 bits per heavy atom. The molecule has 1 saturated carbocycles. The summed E-state index contributed by atoms with van der Waals surface area (Å²) in [4.78, 5) is 17.3. The average Bonchev–Trinajstić information content (AvgIpc) is 3.05. The van der Waals surface area contributed by atoms with Crippen LogP contribution in [0.15, 0.2) is 36.5 Å². The summed E-state index contributed by atoms with van der Waals surface area (Å²) in [5.41, 5.74) is 2.89. The molecule has 19 heavy (non-hydrogen) atoms. The highest BCUT2D eigenvalue weighted by molar-refractivity contribution is 7.11. The highest BCUT2D eigenvalue weighted by Crippen LogP contribution is 2.61. The Morgan fingerprint density at radius 2 is 2.05 bits per heavy atom. The molecule has 3 rings (SSSR count). The van der Waals surface area contributed by atoms with Gasteiger partial charge in [-0.2, -0.15) is 0 Å². The number of benzene rings is 1. The van der Waals surface area contributed by atoms with Crippen molar-refractivity contribution in [2.45, 2.75) is 18.8 Å². The SMILES string of the molecule is Cc1cnc([C@H]2[C@H](C(=O)NO)[C@@H]2c2ccccc2)s1. The number of carbonyl (C=O) groups is 1. The molecule has 1 aromatic heterocycles. The van der Waals surface area contributed by atoms with Crippen LogP contribution in [-0.4, -0.2) is 16.1 Å². The molecule has 1 aromatic carbocycles. The minimum Gasteiger partial charge on any atom is -0.289 e. The Balaban J connectivity index is 1.92. The van der Waals surface area contributed by atoms with Crippen molar-refractivity contribution < 1.29 is 10.0 Å². The van der Waals surface area contributed by atoms with Gasteiger partial charge in [-0.05, 0) is 12.5 Å². The second-order valence-electron chi connectivity index (χ2n) is 4.77. The summed E-state index contributed by atoms with van der Waals surface area (Å²) in [7, 11) is 0. The Kier molecular flexibility index (Phi) is 3.08. The molecule has 0 saturated heterocycles. The van der Waals surface area contributed by atoms with Gasteiger partial charge in [0.1, 0.15) is 0 Å². The monoisotopic (exact) mass is 274 g/mol. The van der Waals surface area contributed by atoms with E-state index in [9.17, 15) is 4.79 Å². The third-order valence-corrected chi connectivity index (χ3v) is 4.56. The Morgan fingerprint density at radius 3 is 2.63 bits per heavy atom. The standard InChI is InChI=1S/C14H14N2O2S/c1-8-7-15-14(19-8)12-10(11(12)13(17)16-18)9-5-3-2-4-6-9/h2-7,10-12,18H,1H3,(H,16,17)/t10-,11+,12+/m0/s1. The quantitative estimate of drug-likeness (QED) is 0.667. The molecular weight excluding hydrogens is 260 g/mol. The summed E-state index contributed by atoms with van der Waals surface area (Å²) in [6, 6.07) is 9.92. The average molecular weight is 274 g/mol. The number of carbonyl (C=O) groups excluding carboxylic acids is 1. The number of nitrogens with one attached hydrogen (secondary N) is 1. The Labute approximate surface area is 115 Å². The van der Waals surface area contributed by atoms with E-state index in [-0.39, 0.29) is 23.7 Å². The molecule has 1 aliphatic carbocycles. The van der Waals surface area contributed by atoms with E-state index in [4.69, 9.17) is 5.21 Å². The van der Waals surface area contributed by atoms with Crippen LogP contribution in [0.2, 0.25) is 0 Å². The maximum Gasteiger partial charge on any atom is 0.247 e. The van der Waals surface area contributed by atoms with Gasteiger partial charge in [-0.1, -0.05) is 30.3 Å². The molecule has 5 heteroatoms. The fraction of sp³-hybridized carbons (Fsp3) is 0.286. The molecule has 0 radical (unpaired) electrons. The predicted octanol–water partition coefficient (Wildman–Crippen LogP) is 2.45. The zero-order valence-electron chi connectivity index (χ0n) is 10.4. The largest absolute Gasteiger partial charge is 0.289 e. The van der Waals surface area contributed by atoms with E-state index in [0.29, 0.717) is 0 Å². The summed E-state index contributed by atoms with van der Waals surface area (Å²) >= 11 is 1.62. The second kappa shape index (κ2) is 4.75. The maximum atomic E-state index is 11.8. The predicted molar refractivity (Wildman–Crippen MR) is 72.2 cm³/mol. The summed E-state index contributed by atoms with van der Waals surface area (Å²) in [5.74, 6) is -0.364. The molecule has 0 bridgehead atoms. The van der Waals surface area contributed by atoms with Gasteiger partial charge in [-0.3, -0.25) is 10.0 Å². The highest BCUT2D eigenvalue weighted by Gasteiger charge is 2.57. The molecular formula is C14H14N2O2S. The molecule has 1 aliphatic rings. The number of hydrogen-bond donors (Lipinski definition) is 2. The van der Waals surface area contributed by atoms with Crippen molar-refractivity contribution >= 4 is 17.2 Å². The first kappa shape index (κ1) is 12.3. The molecule has 1 heterocycles. The van der Waals surface area contributed by atoms with Crippen LogP contribution in [0.4, 0.5) is 0 Å². The molecule has 0 aliphatic heterocycles.